The summed E-state index contributed by atoms with van der Waals surface area (Å²) >= 11 is 0. The first-order chi connectivity index (χ1) is 15.3. The summed E-state index contributed by atoms with van der Waals surface area (Å²) in [6.45, 7) is -0.416. The molecular weight excluding hydrogens is 434 g/mol. The molecule has 0 radical (unpaired) electrons. The number of aromatic nitrogens is 5. The van der Waals surface area contributed by atoms with Gasteiger partial charge in [-0.2, -0.15) is 0 Å². The highest BCUT2D eigenvalue weighted by atomic mass is 16.6. The van der Waals surface area contributed by atoms with E-state index in [1.165, 1.54) is 10.9 Å². The Bertz CT molecular complexity index is 1040. The number of aliphatic hydroxyl groups excluding tert-OH is 5. The Hall–Kier alpha value is -2.50. The summed E-state index contributed by atoms with van der Waals surface area (Å²) in [5.74, 6) is 0. The number of nitrogens with one attached hydrogen (secondary N) is 1. The van der Waals surface area contributed by atoms with E-state index >= 15 is 0 Å². The minimum absolute atomic E-state index is 0.0695. The Morgan fingerprint density at radius 2 is 1.84 bits per heavy atom. The van der Waals surface area contributed by atoms with E-state index in [-0.39, 0.29) is 19.8 Å². The van der Waals surface area contributed by atoms with E-state index in [9.17, 15) is 35.1 Å². The lowest BCUT2D eigenvalue weighted by molar-refractivity contribution is -0.214. The van der Waals surface area contributed by atoms with Crippen molar-refractivity contribution in [2.75, 3.05) is 13.2 Å². The molecule has 6 N–H and O–H groups in total. The van der Waals surface area contributed by atoms with Gasteiger partial charge in [-0.15, -0.1) is 5.10 Å². The van der Waals surface area contributed by atoms with Gasteiger partial charge in [-0.1, -0.05) is 5.21 Å². The summed E-state index contributed by atoms with van der Waals surface area (Å²) in [4.78, 5) is 25.1. The van der Waals surface area contributed by atoms with E-state index in [1.54, 1.807) is 0 Å². The van der Waals surface area contributed by atoms with Gasteiger partial charge >= 0.3 is 5.69 Å². The molecule has 0 amide bonds. The molecule has 0 aliphatic carbocycles. The molecule has 6 unspecified atom stereocenters. The van der Waals surface area contributed by atoms with Crippen LogP contribution in [0.1, 0.15) is 18.1 Å². The molecule has 2 aromatic rings. The predicted molar refractivity (Wildman–Crippen MR) is 99.9 cm³/mol. The monoisotopic (exact) mass is 457 g/mol. The highest BCUT2D eigenvalue weighted by Crippen LogP contribution is 2.28. The molecule has 2 aliphatic rings. The zero-order chi connectivity index (χ0) is 23.0. The van der Waals surface area contributed by atoms with Crippen LogP contribution in [0.15, 0.2) is 28.0 Å². The number of hydrogen-bond acceptors (Lipinski definition) is 12. The fourth-order valence-corrected chi connectivity index (χ4v) is 3.53. The van der Waals surface area contributed by atoms with E-state index < -0.39 is 60.3 Å². The van der Waals surface area contributed by atoms with Crippen molar-refractivity contribution in [1.29, 1.82) is 0 Å². The lowest BCUT2D eigenvalue weighted by atomic mass is 10.0. The summed E-state index contributed by atoms with van der Waals surface area (Å²) in [7, 11) is 0. The van der Waals surface area contributed by atoms with Crippen molar-refractivity contribution in [3.05, 3.63) is 45.0 Å². The largest absolute Gasteiger partial charge is 0.388 e. The predicted octanol–water partition coefficient (Wildman–Crippen LogP) is -4.42. The quantitative estimate of drug-likeness (QED) is 0.242. The Morgan fingerprint density at radius 3 is 2.59 bits per heavy atom. The summed E-state index contributed by atoms with van der Waals surface area (Å²) in [5.41, 5.74) is -1.07. The van der Waals surface area contributed by atoms with Gasteiger partial charge in [0, 0.05) is 12.3 Å². The summed E-state index contributed by atoms with van der Waals surface area (Å²) in [6, 6.07) is 1.09. The van der Waals surface area contributed by atoms with E-state index in [2.05, 4.69) is 10.3 Å². The molecule has 8 atom stereocenters. The standard InChI is InChI=1S/C17H23N5O10/c23-8-5-31-16(13(27)11(8)25)22-3-7(19-20-22)4-30-6-9-12(26)14(28)15(32-9)21-2-1-10(24)18-17(21)29/h1-3,8-9,11-16,23,25-28H,4-6H2,(H,18,24,29)/t8?,9-,11?,12?,13?,14?,15-,16?/m1/s1. The second kappa shape index (κ2) is 9.16. The molecule has 0 spiro atoms. The summed E-state index contributed by atoms with van der Waals surface area (Å²) in [6.07, 6.45) is -7.45. The highest BCUT2D eigenvalue weighted by molar-refractivity contribution is 4.95. The minimum Gasteiger partial charge on any atom is -0.388 e. The number of rotatable bonds is 6. The molecule has 2 fully saturated rings. The van der Waals surface area contributed by atoms with Crippen LogP contribution in [-0.4, -0.2) is 99.9 Å². The van der Waals surface area contributed by atoms with Gasteiger partial charge in [0.05, 0.1) is 26.0 Å². The van der Waals surface area contributed by atoms with Gasteiger partial charge < -0.3 is 39.7 Å². The second-order valence-electron chi connectivity index (χ2n) is 7.54. The van der Waals surface area contributed by atoms with Crippen LogP contribution < -0.4 is 11.2 Å². The van der Waals surface area contributed by atoms with Crippen molar-refractivity contribution >= 4 is 0 Å². The molecule has 0 bridgehead atoms. The molecule has 32 heavy (non-hydrogen) atoms. The molecule has 2 saturated heterocycles. The summed E-state index contributed by atoms with van der Waals surface area (Å²) in [5, 5.41) is 57.4. The highest BCUT2D eigenvalue weighted by Gasteiger charge is 2.44. The Balaban J connectivity index is 1.33. The van der Waals surface area contributed by atoms with Crippen LogP contribution >= 0.6 is 0 Å². The lowest BCUT2D eigenvalue weighted by Crippen LogP contribution is -2.50. The Kier molecular flexibility index (Phi) is 6.50. The topological polar surface area (TPSA) is 214 Å². The van der Waals surface area contributed by atoms with Gasteiger partial charge in [0.2, 0.25) is 0 Å². The average Bonchev–Trinajstić information content (AvgIpc) is 3.33. The van der Waals surface area contributed by atoms with Crippen LogP contribution in [0.2, 0.25) is 0 Å². The molecule has 4 heterocycles. The fraction of sp³-hybridized carbons (Fsp3) is 0.647. The SMILES string of the molecule is O=c1ccn([C@@H]2O[C@H](COCc3cn(C4OCC(O)C(O)C4O)nn3)C(O)C2O)c(=O)[nH]1. The van der Waals surface area contributed by atoms with Gasteiger partial charge in [0.15, 0.2) is 12.5 Å². The molecule has 2 aromatic heterocycles. The van der Waals surface area contributed by atoms with Crippen molar-refractivity contribution in [3.8, 4) is 0 Å². The fourth-order valence-electron chi connectivity index (χ4n) is 3.53. The number of nitrogens with zero attached hydrogens (tertiary/aromatic N) is 4. The maximum Gasteiger partial charge on any atom is 0.330 e. The van der Waals surface area contributed by atoms with Crippen molar-refractivity contribution in [2.24, 2.45) is 0 Å². The average molecular weight is 457 g/mol. The molecule has 0 aromatic carbocycles. The molecular formula is C17H23N5O10. The van der Waals surface area contributed by atoms with E-state index in [0.717, 1.165) is 16.8 Å². The van der Waals surface area contributed by atoms with E-state index in [1.807, 2.05) is 4.98 Å². The van der Waals surface area contributed by atoms with Gasteiger partial charge in [-0.3, -0.25) is 14.3 Å². The lowest BCUT2D eigenvalue weighted by Gasteiger charge is -2.34. The summed E-state index contributed by atoms with van der Waals surface area (Å²) < 4.78 is 18.4. The van der Waals surface area contributed by atoms with Crippen LogP contribution in [-0.2, 0) is 20.8 Å². The first-order valence-electron chi connectivity index (χ1n) is 9.73. The van der Waals surface area contributed by atoms with Crippen LogP contribution in [0.3, 0.4) is 0 Å². The van der Waals surface area contributed by atoms with Gasteiger partial charge in [0.25, 0.3) is 5.56 Å². The first kappa shape index (κ1) is 22.7. The maximum atomic E-state index is 11.9. The van der Waals surface area contributed by atoms with Gasteiger partial charge in [-0.25, -0.2) is 9.48 Å². The van der Waals surface area contributed by atoms with Crippen molar-refractivity contribution in [2.45, 2.75) is 55.7 Å². The molecule has 15 nitrogen and oxygen atoms in total. The van der Waals surface area contributed by atoms with Crippen molar-refractivity contribution in [1.82, 2.24) is 24.5 Å². The third-order valence-corrected chi connectivity index (χ3v) is 5.29. The number of aliphatic hydroxyl groups is 5. The minimum atomic E-state index is -1.43. The smallest absolute Gasteiger partial charge is 0.330 e. The number of hydrogen-bond donors (Lipinski definition) is 6. The van der Waals surface area contributed by atoms with Crippen LogP contribution in [0.5, 0.6) is 0 Å². The third kappa shape index (κ3) is 4.37. The number of ether oxygens (including phenoxy) is 3. The zero-order valence-corrected chi connectivity index (χ0v) is 16.5. The molecule has 15 heteroatoms. The van der Waals surface area contributed by atoms with Gasteiger partial charge in [0.1, 0.15) is 42.3 Å². The van der Waals surface area contributed by atoms with Gasteiger partial charge in [-0.05, 0) is 0 Å². The number of aromatic amines is 1. The maximum absolute atomic E-state index is 11.9. The first-order valence-corrected chi connectivity index (χ1v) is 9.73. The van der Waals surface area contributed by atoms with Crippen LogP contribution in [0, 0.1) is 0 Å². The third-order valence-electron chi connectivity index (χ3n) is 5.29. The zero-order valence-electron chi connectivity index (χ0n) is 16.5. The Labute approximate surface area is 179 Å². The van der Waals surface area contributed by atoms with Crippen molar-refractivity contribution in [3.63, 3.8) is 0 Å². The van der Waals surface area contributed by atoms with Crippen LogP contribution in [0.25, 0.3) is 0 Å². The molecule has 0 saturated carbocycles. The molecule has 176 valence electrons. The van der Waals surface area contributed by atoms with E-state index in [0.29, 0.717) is 5.69 Å². The molecule has 2 aliphatic heterocycles. The normalized spacial score (nSPS) is 35.3. The van der Waals surface area contributed by atoms with Crippen molar-refractivity contribution < 1.29 is 39.7 Å². The Morgan fingerprint density at radius 1 is 1.09 bits per heavy atom. The van der Waals surface area contributed by atoms with E-state index in [4.69, 9.17) is 14.2 Å². The number of H-pyrrole nitrogens is 1. The van der Waals surface area contributed by atoms with Crippen LogP contribution in [0.4, 0.5) is 0 Å². The second-order valence-corrected chi connectivity index (χ2v) is 7.54. The molecule has 4 rings (SSSR count).